The zero-order valence-electron chi connectivity index (χ0n) is 31.0. The summed E-state index contributed by atoms with van der Waals surface area (Å²) in [4.78, 5) is 41.0. The van der Waals surface area contributed by atoms with Crippen molar-refractivity contribution in [2.24, 2.45) is 9.98 Å². The topological polar surface area (TPSA) is 102 Å². The molecule has 4 aliphatic rings. The molecule has 0 bridgehead atoms. The summed E-state index contributed by atoms with van der Waals surface area (Å²) in [6.07, 6.45) is 5.18. The Labute approximate surface area is 333 Å². The Morgan fingerprint density at radius 1 is 0.589 bits per heavy atom. The lowest BCUT2D eigenvalue weighted by atomic mass is 9.94. The molecule has 0 radical (unpaired) electrons. The maximum absolute atomic E-state index is 13.8. The Bertz CT molecular complexity index is 2280. The minimum atomic E-state index is -0.130. The molecule has 0 fully saturated rings. The van der Waals surface area contributed by atoms with Gasteiger partial charge in [0.1, 0.15) is 13.2 Å². The molecule has 5 aromatic carbocycles. The van der Waals surface area contributed by atoms with Crippen molar-refractivity contribution in [2.45, 2.75) is 56.6 Å². The number of fused-ring (bicyclic) bond motifs is 6. The van der Waals surface area contributed by atoms with Crippen LogP contribution in [-0.4, -0.2) is 60.3 Å². The van der Waals surface area contributed by atoms with Crippen LogP contribution in [0.2, 0.25) is 0 Å². The molecule has 10 nitrogen and oxygen atoms in total. The van der Waals surface area contributed by atoms with Crippen LogP contribution in [0.25, 0.3) is 0 Å². The third-order valence-electron chi connectivity index (χ3n) is 11.0. The van der Waals surface area contributed by atoms with Gasteiger partial charge in [0.2, 0.25) is 0 Å². The van der Waals surface area contributed by atoms with Crippen molar-refractivity contribution >= 4 is 51.5 Å². The van der Waals surface area contributed by atoms with Gasteiger partial charge in [-0.1, -0.05) is 76.6 Å². The molecule has 2 unspecified atom stereocenters. The maximum Gasteiger partial charge on any atom is 0.257 e. The molecule has 4 heterocycles. The van der Waals surface area contributed by atoms with E-state index in [9.17, 15) is 9.59 Å². The Balaban J connectivity index is 0.925. The van der Waals surface area contributed by atoms with Crippen LogP contribution in [0.3, 0.4) is 0 Å². The summed E-state index contributed by atoms with van der Waals surface area (Å²) in [5.41, 5.74) is 9.75. The number of nitrogens with zero attached hydrogens (tertiary/aromatic N) is 4. The lowest BCUT2D eigenvalue weighted by Gasteiger charge is -2.34. The quantitative estimate of drug-likeness (QED) is 0.139. The third-order valence-corrected chi connectivity index (χ3v) is 11.6. The van der Waals surface area contributed by atoms with E-state index in [2.05, 4.69) is 52.3 Å². The minimum Gasteiger partial charge on any atom is -0.493 e. The number of halogens is 1. The average Bonchev–Trinajstić information content (AvgIpc) is 3.45. The first-order valence-electron chi connectivity index (χ1n) is 18.6. The molecule has 0 aliphatic carbocycles. The van der Waals surface area contributed by atoms with Gasteiger partial charge in [-0.2, -0.15) is 0 Å². The Morgan fingerprint density at radius 3 is 1.45 bits per heavy atom. The van der Waals surface area contributed by atoms with Gasteiger partial charge in [-0.15, -0.1) is 0 Å². The van der Waals surface area contributed by atoms with Crippen molar-refractivity contribution in [1.82, 2.24) is 9.80 Å². The van der Waals surface area contributed by atoms with Gasteiger partial charge in [0.15, 0.2) is 23.0 Å². The van der Waals surface area contributed by atoms with Crippen LogP contribution in [0.4, 0.5) is 11.4 Å². The molecule has 0 saturated heterocycles. The second kappa shape index (κ2) is 15.0. The Hall–Kier alpha value is -5.94. The maximum atomic E-state index is 13.8. The first kappa shape index (κ1) is 35.7. The molecule has 2 atom stereocenters. The number of carbonyl (C=O) groups is 2. The highest BCUT2D eigenvalue weighted by Gasteiger charge is 2.35. The van der Waals surface area contributed by atoms with Gasteiger partial charge in [-0.3, -0.25) is 19.6 Å². The summed E-state index contributed by atoms with van der Waals surface area (Å²) in [5.74, 6) is 1.74. The number of alkyl halides is 1. The van der Waals surface area contributed by atoms with Crippen LogP contribution in [-0.2, 0) is 44.5 Å². The van der Waals surface area contributed by atoms with Gasteiger partial charge in [0, 0.05) is 43.0 Å². The number of carbonyl (C=O) groups excluding carboxylic acids is 2. The molecule has 2 amide bonds. The van der Waals surface area contributed by atoms with Crippen LogP contribution in [0.5, 0.6) is 23.0 Å². The fraction of sp³-hybridized carbons (Fsp3) is 0.244. The standard InChI is InChI=1S/C45H39BrN4O6/c1-53-40-16-36-38(47-21-34-14-30-7-3-5-9-32(30)23-49(34)44(36)51)18-42(40)55-25-28-11-27(20-46)12-29(13-28)26-56-43-19-39-37(17-41(43)54-2)45(52)50-24-33-10-6-4-8-31(33)15-35(50)22-48-39/h3-13,16-19,21-22,34-35H,14-15,20,23-26H2,1-2H3. The SMILES string of the molecule is COc1cc2c(cc1OCc1cc(CBr)cc(COc3cc4c(cc3OC)C(=O)N3Cc5ccccc5CC3C=N4)c1)N=CC1Cc3ccccc3CN1C2=O. The highest BCUT2D eigenvalue weighted by atomic mass is 79.9. The number of amides is 2. The van der Waals surface area contributed by atoms with E-state index in [0.717, 1.165) is 40.7 Å². The summed E-state index contributed by atoms with van der Waals surface area (Å²) in [5, 5.41) is 0.634. The van der Waals surface area contributed by atoms with E-state index in [1.807, 2.05) is 52.6 Å². The number of hydrogen-bond acceptors (Lipinski definition) is 8. The number of benzene rings is 5. The molecule has 0 aromatic heterocycles. The van der Waals surface area contributed by atoms with Crippen molar-refractivity contribution in [1.29, 1.82) is 0 Å². The lowest BCUT2D eigenvalue weighted by molar-refractivity contribution is 0.0696. The minimum absolute atomic E-state index is 0.0807. The Kier molecular flexibility index (Phi) is 9.54. The normalized spacial score (nSPS) is 17.7. The van der Waals surface area contributed by atoms with Crippen molar-refractivity contribution in [2.75, 3.05) is 14.2 Å². The monoisotopic (exact) mass is 810 g/mol. The first-order valence-corrected chi connectivity index (χ1v) is 19.7. The summed E-state index contributed by atoms with van der Waals surface area (Å²) >= 11 is 3.62. The molecule has 11 heteroatoms. The van der Waals surface area contributed by atoms with Gasteiger partial charge in [-0.05, 0) is 70.0 Å². The zero-order chi connectivity index (χ0) is 38.3. The largest absolute Gasteiger partial charge is 0.493 e. The van der Waals surface area contributed by atoms with Gasteiger partial charge in [-0.25, -0.2) is 0 Å². The van der Waals surface area contributed by atoms with Crippen molar-refractivity contribution in [3.05, 3.63) is 141 Å². The zero-order valence-corrected chi connectivity index (χ0v) is 32.6. The van der Waals surface area contributed by atoms with E-state index in [4.69, 9.17) is 28.9 Å². The lowest BCUT2D eigenvalue weighted by Crippen LogP contribution is -2.44. The summed E-state index contributed by atoms with van der Waals surface area (Å²) in [6, 6.07) is 29.4. The molecule has 5 aromatic rings. The summed E-state index contributed by atoms with van der Waals surface area (Å²) in [6.45, 7) is 1.54. The highest BCUT2D eigenvalue weighted by Crippen LogP contribution is 2.41. The molecule has 56 heavy (non-hydrogen) atoms. The van der Waals surface area contributed by atoms with E-state index in [1.54, 1.807) is 38.5 Å². The van der Waals surface area contributed by atoms with Crippen molar-refractivity contribution < 1.29 is 28.5 Å². The molecule has 4 aliphatic heterocycles. The van der Waals surface area contributed by atoms with E-state index < -0.39 is 0 Å². The first-order chi connectivity index (χ1) is 27.4. The fourth-order valence-corrected chi connectivity index (χ4v) is 8.38. The molecular formula is C45H39BrN4O6. The molecule has 0 N–H and O–H groups in total. The predicted octanol–water partition coefficient (Wildman–Crippen LogP) is 8.32. The van der Waals surface area contributed by atoms with Gasteiger partial charge in [0.25, 0.3) is 11.8 Å². The number of hydrogen-bond donors (Lipinski definition) is 0. The number of rotatable bonds is 9. The van der Waals surface area contributed by atoms with Crippen molar-refractivity contribution in [3.63, 3.8) is 0 Å². The van der Waals surface area contributed by atoms with Gasteiger partial charge < -0.3 is 28.7 Å². The number of methoxy groups -OCH3 is 2. The van der Waals surface area contributed by atoms with Gasteiger partial charge in [0.05, 0.1) is 48.8 Å². The van der Waals surface area contributed by atoms with E-state index in [-0.39, 0.29) is 37.1 Å². The van der Waals surface area contributed by atoms with Crippen LogP contribution < -0.4 is 18.9 Å². The third kappa shape index (κ3) is 6.70. The van der Waals surface area contributed by atoms with Gasteiger partial charge >= 0.3 is 0 Å². The number of ether oxygens (including phenoxy) is 4. The highest BCUT2D eigenvalue weighted by molar-refractivity contribution is 9.08. The van der Waals surface area contributed by atoms with Crippen LogP contribution in [0, 0.1) is 0 Å². The molecular weight excluding hydrogens is 772 g/mol. The van der Waals surface area contributed by atoms with E-state index in [0.29, 0.717) is 63.9 Å². The predicted molar refractivity (Wildman–Crippen MR) is 218 cm³/mol. The molecule has 282 valence electrons. The second-order valence-electron chi connectivity index (χ2n) is 14.4. The summed E-state index contributed by atoms with van der Waals surface area (Å²) < 4.78 is 24.2. The number of aliphatic imine (C=N–C) groups is 2. The van der Waals surface area contributed by atoms with E-state index >= 15 is 0 Å². The van der Waals surface area contributed by atoms with Crippen LogP contribution in [0.15, 0.2) is 101 Å². The Morgan fingerprint density at radius 2 is 1.02 bits per heavy atom. The van der Waals surface area contributed by atoms with E-state index in [1.165, 1.54) is 11.1 Å². The fourth-order valence-electron chi connectivity index (χ4n) is 8.05. The van der Waals surface area contributed by atoms with Crippen LogP contribution in [0.1, 0.15) is 59.7 Å². The summed E-state index contributed by atoms with van der Waals surface area (Å²) in [7, 11) is 3.14. The molecule has 0 spiro atoms. The molecule has 9 rings (SSSR count). The average molecular weight is 812 g/mol. The molecule has 0 saturated carbocycles. The van der Waals surface area contributed by atoms with Crippen molar-refractivity contribution in [3.8, 4) is 23.0 Å². The smallest absolute Gasteiger partial charge is 0.257 e. The second-order valence-corrected chi connectivity index (χ2v) is 15.0. The van der Waals surface area contributed by atoms with Crippen LogP contribution >= 0.6 is 15.9 Å².